The Morgan fingerprint density at radius 2 is 1.59 bits per heavy atom. The molecule has 0 fully saturated rings. The van der Waals surface area contributed by atoms with Crippen LogP contribution >= 0.6 is 0 Å². The molecule has 2 aliphatic rings. The van der Waals surface area contributed by atoms with Crippen molar-refractivity contribution in [2.75, 3.05) is 6.61 Å². The van der Waals surface area contributed by atoms with Gasteiger partial charge in [0.15, 0.2) is 0 Å². The Labute approximate surface area is 161 Å². The van der Waals surface area contributed by atoms with E-state index in [4.69, 9.17) is 9.47 Å². The van der Waals surface area contributed by atoms with Crippen molar-refractivity contribution < 1.29 is 19.1 Å². The summed E-state index contributed by atoms with van der Waals surface area (Å²) in [6, 6.07) is 9.61. The lowest BCUT2D eigenvalue weighted by Gasteiger charge is -2.14. The second kappa shape index (κ2) is 9.54. The van der Waals surface area contributed by atoms with E-state index >= 15 is 0 Å². The maximum Gasteiger partial charge on any atom is 0.344 e. The van der Waals surface area contributed by atoms with E-state index in [-0.39, 0.29) is 11.9 Å². The summed E-state index contributed by atoms with van der Waals surface area (Å²) in [6.07, 6.45) is 9.06. The van der Waals surface area contributed by atoms with Crippen LogP contribution in [0.3, 0.4) is 0 Å². The van der Waals surface area contributed by atoms with Gasteiger partial charge in [-0.25, -0.2) is 9.59 Å². The molecule has 4 heteroatoms. The summed E-state index contributed by atoms with van der Waals surface area (Å²) in [5, 5.41) is 0. The van der Waals surface area contributed by atoms with Crippen LogP contribution in [0.4, 0.5) is 0 Å². The van der Waals surface area contributed by atoms with Crippen molar-refractivity contribution in [3.63, 3.8) is 0 Å². The predicted octanol–water partition coefficient (Wildman–Crippen LogP) is 5.34. The fraction of sp³-hybridized carbons (Fsp3) is 0.478. The Hall–Kier alpha value is -2.36. The highest BCUT2D eigenvalue weighted by Crippen LogP contribution is 2.39. The Balaban J connectivity index is 2.08. The largest absolute Gasteiger partial charge is 0.463 e. The molecule has 3 rings (SSSR count). The third-order valence-electron chi connectivity index (χ3n) is 5.19. The van der Waals surface area contributed by atoms with Crippen LogP contribution in [0, 0.1) is 0 Å². The maximum atomic E-state index is 12.7. The zero-order chi connectivity index (χ0) is 19.1. The van der Waals surface area contributed by atoms with E-state index in [2.05, 4.69) is 0 Å². The van der Waals surface area contributed by atoms with Crippen molar-refractivity contribution in [3.05, 3.63) is 52.8 Å². The molecule has 0 unspecified atom stereocenters. The van der Waals surface area contributed by atoms with Crippen molar-refractivity contribution in [3.8, 4) is 0 Å². The van der Waals surface area contributed by atoms with Crippen LogP contribution < -0.4 is 0 Å². The lowest BCUT2D eigenvalue weighted by molar-refractivity contribution is -0.139. The molecule has 0 bridgehead atoms. The van der Waals surface area contributed by atoms with Gasteiger partial charge in [0.05, 0.1) is 17.8 Å². The molecule has 0 spiro atoms. The fourth-order valence-electron chi connectivity index (χ4n) is 3.84. The van der Waals surface area contributed by atoms with E-state index in [1.807, 2.05) is 30.3 Å². The predicted molar refractivity (Wildman–Crippen MR) is 105 cm³/mol. The molecule has 144 valence electrons. The second-order valence-corrected chi connectivity index (χ2v) is 7.11. The summed E-state index contributed by atoms with van der Waals surface area (Å²) in [6.45, 7) is 2.11. The van der Waals surface area contributed by atoms with E-state index in [0.29, 0.717) is 29.9 Å². The average Bonchev–Trinajstić information content (AvgIpc) is 2.98. The number of carbonyl (C=O) groups excluding carboxylic acids is 2. The molecule has 1 aliphatic heterocycles. The van der Waals surface area contributed by atoms with E-state index in [0.717, 1.165) is 43.2 Å². The zero-order valence-corrected chi connectivity index (χ0v) is 16.1. The minimum absolute atomic E-state index is 0.314. The number of hydrogen-bond acceptors (Lipinski definition) is 4. The van der Waals surface area contributed by atoms with Gasteiger partial charge >= 0.3 is 11.9 Å². The van der Waals surface area contributed by atoms with Crippen LogP contribution in [0.2, 0.25) is 0 Å². The van der Waals surface area contributed by atoms with E-state index in [9.17, 15) is 9.59 Å². The van der Waals surface area contributed by atoms with Crippen molar-refractivity contribution in [2.45, 2.75) is 64.7 Å². The van der Waals surface area contributed by atoms with Crippen molar-refractivity contribution in [1.82, 2.24) is 0 Å². The summed E-state index contributed by atoms with van der Waals surface area (Å²) < 4.78 is 11.0. The highest BCUT2D eigenvalue weighted by Gasteiger charge is 2.34. The summed E-state index contributed by atoms with van der Waals surface area (Å²) in [7, 11) is 0. The Morgan fingerprint density at radius 3 is 2.26 bits per heavy atom. The molecule has 0 radical (unpaired) electrons. The first-order valence-electron chi connectivity index (χ1n) is 10.1. The number of ether oxygens (including phenoxy) is 2. The number of fused-ring (bicyclic) bond motifs is 1. The first-order valence-corrected chi connectivity index (χ1v) is 10.1. The van der Waals surface area contributed by atoms with Gasteiger partial charge in [-0.05, 0) is 38.2 Å². The number of allylic oxidation sites excluding steroid dienone is 1. The quantitative estimate of drug-likeness (QED) is 0.676. The van der Waals surface area contributed by atoms with Crippen molar-refractivity contribution >= 4 is 17.5 Å². The molecule has 0 atom stereocenters. The highest BCUT2D eigenvalue weighted by molar-refractivity contribution is 6.21. The van der Waals surface area contributed by atoms with Gasteiger partial charge in [0.25, 0.3) is 0 Å². The Bertz CT molecular complexity index is 743. The van der Waals surface area contributed by atoms with E-state index in [1.165, 1.54) is 19.3 Å². The molecule has 0 aromatic heterocycles. The molecule has 1 aliphatic carbocycles. The lowest BCUT2D eigenvalue weighted by atomic mass is 9.92. The number of rotatable bonds is 3. The first-order chi connectivity index (χ1) is 13.2. The molecule has 0 saturated heterocycles. The topological polar surface area (TPSA) is 52.6 Å². The van der Waals surface area contributed by atoms with E-state index in [1.54, 1.807) is 6.92 Å². The Morgan fingerprint density at radius 1 is 0.963 bits per heavy atom. The molecule has 4 nitrogen and oxygen atoms in total. The average molecular weight is 368 g/mol. The minimum atomic E-state index is -0.358. The van der Waals surface area contributed by atoms with Crippen LogP contribution in [0.15, 0.2) is 47.2 Å². The van der Waals surface area contributed by atoms with Crippen LogP contribution in [0.25, 0.3) is 5.57 Å². The molecule has 0 amide bonds. The van der Waals surface area contributed by atoms with Crippen molar-refractivity contribution in [2.24, 2.45) is 0 Å². The molecule has 1 aromatic carbocycles. The third-order valence-corrected chi connectivity index (χ3v) is 5.19. The lowest BCUT2D eigenvalue weighted by Crippen LogP contribution is -2.12. The van der Waals surface area contributed by atoms with Crippen LogP contribution in [0.5, 0.6) is 0 Å². The molecular weight excluding hydrogens is 340 g/mol. The van der Waals surface area contributed by atoms with Crippen molar-refractivity contribution in [1.29, 1.82) is 0 Å². The molecule has 0 N–H and O–H groups in total. The van der Waals surface area contributed by atoms with E-state index < -0.39 is 0 Å². The number of hydrogen-bond donors (Lipinski definition) is 0. The van der Waals surface area contributed by atoms with Crippen LogP contribution in [0.1, 0.15) is 70.3 Å². The van der Waals surface area contributed by atoms with Gasteiger partial charge in [-0.15, -0.1) is 0 Å². The molecule has 27 heavy (non-hydrogen) atoms. The monoisotopic (exact) mass is 368 g/mol. The second-order valence-electron chi connectivity index (χ2n) is 7.11. The molecule has 0 saturated carbocycles. The standard InChI is InChI=1S/C23H28O4/c1-2-26-22(24)19-16-12-7-5-3-4-6-11-15-18-20(23(25)27-21(18)19)17-13-9-8-10-14-17/h8-10,13-14H,2-7,11-12,15-16H2,1H3/b21-19+. The normalized spacial score (nSPS) is 21.7. The van der Waals surface area contributed by atoms with Gasteiger partial charge in [0, 0.05) is 5.57 Å². The number of benzene rings is 1. The van der Waals surface area contributed by atoms with Gasteiger partial charge in [0.2, 0.25) is 0 Å². The van der Waals surface area contributed by atoms with Gasteiger partial charge in [-0.2, -0.15) is 0 Å². The summed E-state index contributed by atoms with van der Waals surface area (Å²) in [5.74, 6) is -0.259. The molecule has 1 aromatic rings. The number of carbonyl (C=O) groups is 2. The van der Waals surface area contributed by atoms with Gasteiger partial charge in [0.1, 0.15) is 5.76 Å². The first kappa shape index (κ1) is 19.4. The maximum absolute atomic E-state index is 12.7. The smallest absolute Gasteiger partial charge is 0.344 e. The SMILES string of the molecule is CCOC(=O)/C1=C2/OC(=O)C(c3ccccc3)=C2CCCCCCCCC1. The molecule has 1 heterocycles. The minimum Gasteiger partial charge on any atom is -0.463 e. The van der Waals surface area contributed by atoms with Gasteiger partial charge in [-0.3, -0.25) is 0 Å². The summed E-state index contributed by atoms with van der Waals surface area (Å²) >= 11 is 0. The van der Waals surface area contributed by atoms with Crippen LogP contribution in [-0.4, -0.2) is 18.5 Å². The Kier molecular flexibility index (Phi) is 6.86. The summed E-state index contributed by atoms with van der Waals surface area (Å²) in [5.41, 5.74) is 2.84. The number of esters is 2. The van der Waals surface area contributed by atoms with Crippen LogP contribution in [-0.2, 0) is 19.1 Å². The fourth-order valence-corrected chi connectivity index (χ4v) is 3.84. The van der Waals surface area contributed by atoms with Gasteiger partial charge in [-0.1, -0.05) is 62.4 Å². The zero-order valence-electron chi connectivity index (χ0n) is 16.1. The van der Waals surface area contributed by atoms with Gasteiger partial charge < -0.3 is 9.47 Å². The highest BCUT2D eigenvalue weighted by atomic mass is 16.6. The molecular formula is C23H28O4. The summed E-state index contributed by atoms with van der Waals surface area (Å²) in [4.78, 5) is 25.3. The third kappa shape index (κ3) is 4.68.